The number of nitrogens with one attached hydrogen (secondary N) is 2. The minimum Gasteiger partial charge on any atom is -0.493 e. The van der Waals surface area contributed by atoms with E-state index < -0.39 is 0 Å². The molecule has 0 radical (unpaired) electrons. The first kappa shape index (κ1) is 16.6. The molecule has 2 rings (SSSR count). The molecule has 124 valence electrons. The number of hydrogen-bond acceptors (Lipinski definition) is 5. The highest BCUT2D eigenvalue weighted by Gasteiger charge is 2.07. The van der Waals surface area contributed by atoms with Crippen LogP contribution in [0.25, 0.3) is 0 Å². The maximum atomic E-state index is 5.29. The molecule has 0 unspecified atom stereocenters. The summed E-state index contributed by atoms with van der Waals surface area (Å²) in [6.45, 7) is 3.40. The molecule has 0 saturated carbocycles. The molecule has 1 aromatic heterocycles. The lowest BCUT2D eigenvalue weighted by atomic mass is 10.3. The average Bonchev–Trinajstić information content (AvgIpc) is 3.05. The number of anilines is 1. The van der Waals surface area contributed by atoms with Gasteiger partial charge in [-0.15, -0.1) is 10.2 Å². The molecule has 0 atom stereocenters. The number of aliphatic imine (C=N–C) groups is 1. The van der Waals surface area contributed by atoms with Crippen molar-refractivity contribution in [2.24, 2.45) is 4.99 Å². The third-order valence-electron chi connectivity index (χ3n) is 3.32. The Balaban J connectivity index is 2.02. The van der Waals surface area contributed by atoms with Crippen LogP contribution >= 0.6 is 0 Å². The van der Waals surface area contributed by atoms with Crippen molar-refractivity contribution in [2.75, 3.05) is 26.6 Å². The summed E-state index contributed by atoms with van der Waals surface area (Å²) in [6.07, 6.45) is 1.71. The molecule has 0 bridgehead atoms. The van der Waals surface area contributed by atoms with Crippen LogP contribution in [0.4, 0.5) is 5.69 Å². The average molecular weight is 318 g/mol. The predicted octanol–water partition coefficient (Wildman–Crippen LogP) is 1.50. The van der Waals surface area contributed by atoms with E-state index in [1.165, 1.54) is 0 Å². The number of methoxy groups -OCH3 is 2. The smallest absolute Gasteiger partial charge is 0.195 e. The van der Waals surface area contributed by atoms with E-state index in [0.29, 0.717) is 24.0 Å². The van der Waals surface area contributed by atoms with Gasteiger partial charge in [0, 0.05) is 25.3 Å². The second-order valence-electron chi connectivity index (χ2n) is 4.65. The van der Waals surface area contributed by atoms with E-state index in [2.05, 4.69) is 25.8 Å². The van der Waals surface area contributed by atoms with Gasteiger partial charge in [-0.3, -0.25) is 4.99 Å². The SMILES string of the molecule is CCn1cnnc1CNC(=NC)Nc1ccc(OC)c(OC)c1. The highest BCUT2D eigenvalue weighted by atomic mass is 16.5. The van der Waals surface area contributed by atoms with E-state index in [1.54, 1.807) is 27.6 Å². The third kappa shape index (κ3) is 4.12. The lowest BCUT2D eigenvalue weighted by Crippen LogP contribution is -2.31. The number of aryl methyl sites for hydroxylation is 1. The number of guanidine groups is 1. The molecule has 0 saturated heterocycles. The van der Waals surface area contributed by atoms with Gasteiger partial charge in [-0.2, -0.15) is 0 Å². The zero-order valence-electron chi connectivity index (χ0n) is 13.8. The third-order valence-corrected chi connectivity index (χ3v) is 3.32. The quantitative estimate of drug-likeness (QED) is 0.620. The van der Waals surface area contributed by atoms with Crippen LogP contribution in [0.5, 0.6) is 11.5 Å². The van der Waals surface area contributed by atoms with Crippen LogP contribution in [0.1, 0.15) is 12.7 Å². The molecular formula is C15H22N6O2. The summed E-state index contributed by atoms with van der Waals surface area (Å²) in [5.41, 5.74) is 0.840. The van der Waals surface area contributed by atoms with E-state index in [0.717, 1.165) is 18.1 Å². The summed E-state index contributed by atoms with van der Waals surface area (Å²) in [5, 5.41) is 14.4. The first-order valence-electron chi connectivity index (χ1n) is 7.28. The number of aromatic nitrogens is 3. The minimum atomic E-state index is 0.529. The minimum absolute atomic E-state index is 0.529. The Kier molecular flexibility index (Phi) is 5.79. The zero-order chi connectivity index (χ0) is 16.7. The van der Waals surface area contributed by atoms with E-state index in [4.69, 9.17) is 9.47 Å². The van der Waals surface area contributed by atoms with Crippen LogP contribution in [-0.2, 0) is 13.1 Å². The molecule has 8 nitrogen and oxygen atoms in total. The highest BCUT2D eigenvalue weighted by molar-refractivity contribution is 5.93. The summed E-state index contributed by atoms with van der Waals surface area (Å²) < 4.78 is 12.5. The molecular weight excluding hydrogens is 296 g/mol. The maximum Gasteiger partial charge on any atom is 0.195 e. The Hall–Kier alpha value is -2.77. The van der Waals surface area contributed by atoms with Gasteiger partial charge in [-0.25, -0.2) is 0 Å². The molecule has 0 spiro atoms. The Morgan fingerprint density at radius 1 is 1.26 bits per heavy atom. The Morgan fingerprint density at radius 3 is 2.70 bits per heavy atom. The summed E-state index contributed by atoms with van der Waals surface area (Å²) in [7, 11) is 4.92. The number of nitrogens with zero attached hydrogens (tertiary/aromatic N) is 4. The number of hydrogen-bond donors (Lipinski definition) is 2. The molecule has 0 amide bonds. The van der Waals surface area contributed by atoms with Crippen molar-refractivity contribution < 1.29 is 9.47 Å². The topological polar surface area (TPSA) is 85.6 Å². The van der Waals surface area contributed by atoms with Gasteiger partial charge in [0.25, 0.3) is 0 Å². The molecule has 23 heavy (non-hydrogen) atoms. The Bertz CT molecular complexity index is 668. The molecule has 8 heteroatoms. The monoisotopic (exact) mass is 318 g/mol. The summed E-state index contributed by atoms with van der Waals surface area (Å²) in [6, 6.07) is 5.57. The van der Waals surface area contributed by atoms with E-state index >= 15 is 0 Å². The summed E-state index contributed by atoms with van der Waals surface area (Å²) in [5.74, 6) is 2.81. The Labute approximate surface area is 135 Å². The lowest BCUT2D eigenvalue weighted by Gasteiger charge is -2.14. The zero-order valence-corrected chi connectivity index (χ0v) is 13.8. The molecule has 0 aliphatic heterocycles. The molecule has 2 N–H and O–H groups in total. The van der Waals surface area contributed by atoms with Crippen LogP contribution < -0.4 is 20.1 Å². The van der Waals surface area contributed by atoms with Crippen LogP contribution in [0, 0.1) is 0 Å². The van der Waals surface area contributed by atoms with E-state index in [1.807, 2.05) is 29.7 Å². The van der Waals surface area contributed by atoms with Gasteiger partial charge in [-0.1, -0.05) is 0 Å². The highest BCUT2D eigenvalue weighted by Crippen LogP contribution is 2.29. The fraction of sp³-hybridized carbons (Fsp3) is 0.400. The van der Waals surface area contributed by atoms with Gasteiger partial charge in [0.2, 0.25) is 0 Å². The first-order chi connectivity index (χ1) is 11.2. The van der Waals surface area contributed by atoms with Crippen molar-refractivity contribution in [1.29, 1.82) is 0 Å². The number of rotatable bonds is 6. The summed E-state index contributed by atoms with van der Waals surface area (Å²) in [4.78, 5) is 4.20. The normalized spacial score (nSPS) is 11.2. The van der Waals surface area contributed by atoms with Crippen molar-refractivity contribution >= 4 is 11.6 Å². The molecule has 0 fully saturated rings. The fourth-order valence-electron chi connectivity index (χ4n) is 2.07. The number of ether oxygens (including phenoxy) is 2. The Morgan fingerprint density at radius 2 is 2.04 bits per heavy atom. The van der Waals surface area contributed by atoms with E-state index in [-0.39, 0.29) is 0 Å². The van der Waals surface area contributed by atoms with Gasteiger partial charge < -0.3 is 24.7 Å². The second-order valence-corrected chi connectivity index (χ2v) is 4.65. The van der Waals surface area contributed by atoms with E-state index in [9.17, 15) is 0 Å². The molecule has 2 aromatic rings. The van der Waals surface area contributed by atoms with Crippen LogP contribution in [0.2, 0.25) is 0 Å². The van der Waals surface area contributed by atoms with Gasteiger partial charge in [0.1, 0.15) is 6.33 Å². The molecule has 0 aliphatic carbocycles. The van der Waals surface area contributed by atoms with Crippen LogP contribution in [0.3, 0.4) is 0 Å². The second kappa shape index (κ2) is 8.02. The van der Waals surface area contributed by atoms with Gasteiger partial charge in [0.05, 0.1) is 20.8 Å². The van der Waals surface area contributed by atoms with Crippen molar-refractivity contribution in [3.05, 3.63) is 30.4 Å². The van der Waals surface area contributed by atoms with Crippen LogP contribution in [0.15, 0.2) is 29.5 Å². The first-order valence-corrected chi connectivity index (χ1v) is 7.28. The summed E-state index contributed by atoms with van der Waals surface area (Å²) >= 11 is 0. The van der Waals surface area contributed by atoms with Crippen molar-refractivity contribution in [3.63, 3.8) is 0 Å². The van der Waals surface area contributed by atoms with Crippen molar-refractivity contribution in [3.8, 4) is 11.5 Å². The lowest BCUT2D eigenvalue weighted by molar-refractivity contribution is 0.355. The molecule has 1 heterocycles. The van der Waals surface area contributed by atoms with Crippen molar-refractivity contribution in [2.45, 2.75) is 20.0 Å². The predicted molar refractivity (Wildman–Crippen MR) is 89.1 cm³/mol. The van der Waals surface area contributed by atoms with Crippen LogP contribution in [-0.4, -0.2) is 42.0 Å². The standard InChI is InChI=1S/C15H22N6O2/c1-5-21-10-18-20-14(21)9-17-15(16-2)19-11-6-7-12(22-3)13(8-11)23-4/h6-8,10H,5,9H2,1-4H3,(H2,16,17,19). The van der Waals surface area contributed by atoms with Gasteiger partial charge in [0.15, 0.2) is 23.3 Å². The maximum absolute atomic E-state index is 5.29. The van der Waals surface area contributed by atoms with Crippen molar-refractivity contribution in [1.82, 2.24) is 20.1 Å². The largest absolute Gasteiger partial charge is 0.493 e. The molecule has 1 aromatic carbocycles. The van der Waals surface area contributed by atoms with Gasteiger partial charge in [-0.05, 0) is 19.1 Å². The fourth-order valence-corrected chi connectivity index (χ4v) is 2.07. The van der Waals surface area contributed by atoms with Gasteiger partial charge >= 0.3 is 0 Å². The number of benzene rings is 1. The molecule has 0 aliphatic rings.